The summed E-state index contributed by atoms with van der Waals surface area (Å²) in [6, 6.07) is 0.490. The maximum Gasteiger partial charge on any atom is 0.0877 e. The molecule has 0 aromatic carbocycles. The maximum atomic E-state index is 5.98. The highest BCUT2D eigenvalue weighted by molar-refractivity contribution is 4.98. The Kier molecular flexibility index (Phi) is 5.46. The second kappa shape index (κ2) is 6.88. The lowest BCUT2D eigenvalue weighted by Crippen LogP contribution is -2.57. The molecular formula is C15H29NO2. The van der Waals surface area contributed by atoms with Gasteiger partial charge >= 0.3 is 0 Å². The van der Waals surface area contributed by atoms with E-state index in [1.165, 1.54) is 38.5 Å². The smallest absolute Gasteiger partial charge is 0.0877 e. The number of hydrogen-bond donors (Lipinski definition) is 1. The molecule has 1 unspecified atom stereocenters. The van der Waals surface area contributed by atoms with Crippen LogP contribution in [0.4, 0.5) is 0 Å². The predicted molar refractivity (Wildman–Crippen MR) is 73.8 cm³/mol. The molecule has 0 bridgehead atoms. The Morgan fingerprint density at radius 2 is 1.72 bits per heavy atom. The fourth-order valence-electron chi connectivity index (χ4n) is 3.93. The Labute approximate surface area is 112 Å². The summed E-state index contributed by atoms with van der Waals surface area (Å²) in [7, 11) is 3.98. The van der Waals surface area contributed by atoms with Crippen LogP contribution >= 0.6 is 0 Å². The second-order valence-electron chi connectivity index (χ2n) is 5.90. The van der Waals surface area contributed by atoms with Gasteiger partial charge in [-0.2, -0.15) is 0 Å². The molecule has 0 aromatic heterocycles. The van der Waals surface area contributed by atoms with Crippen molar-refractivity contribution in [1.82, 2.24) is 5.32 Å². The molecule has 2 aliphatic rings. The Morgan fingerprint density at radius 3 is 2.22 bits per heavy atom. The third-order valence-electron chi connectivity index (χ3n) is 4.99. The van der Waals surface area contributed by atoms with Gasteiger partial charge in [-0.15, -0.1) is 0 Å². The number of nitrogens with one attached hydrogen (secondary N) is 1. The van der Waals surface area contributed by atoms with Gasteiger partial charge in [0, 0.05) is 39.2 Å². The molecule has 3 heteroatoms. The van der Waals surface area contributed by atoms with E-state index in [9.17, 15) is 0 Å². The standard InChI is InChI=1S/C15H29NO2/c1-16-14(13-7-5-3-4-6-8-13)15(17-2)9-11-18-12-10-15/h13-14,16H,3-12H2,1-2H3. The first-order valence-electron chi connectivity index (χ1n) is 7.62. The lowest BCUT2D eigenvalue weighted by molar-refractivity contribution is -0.120. The van der Waals surface area contributed by atoms with Crippen LogP contribution < -0.4 is 5.32 Å². The average Bonchev–Trinajstić information content (AvgIpc) is 2.70. The normalized spacial score (nSPS) is 27.7. The Bertz CT molecular complexity index is 231. The largest absolute Gasteiger partial charge is 0.381 e. The van der Waals surface area contributed by atoms with Crippen LogP contribution in [-0.2, 0) is 9.47 Å². The molecule has 18 heavy (non-hydrogen) atoms. The van der Waals surface area contributed by atoms with Crippen molar-refractivity contribution in [1.29, 1.82) is 0 Å². The van der Waals surface area contributed by atoms with Crippen LogP contribution in [0.25, 0.3) is 0 Å². The summed E-state index contributed by atoms with van der Waals surface area (Å²) >= 11 is 0. The molecule has 1 atom stereocenters. The van der Waals surface area contributed by atoms with Crippen molar-refractivity contribution in [3.05, 3.63) is 0 Å². The molecule has 0 amide bonds. The van der Waals surface area contributed by atoms with Crippen LogP contribution in [0, 0.1) is 5.92 Å². The zero-order valence-electron chi connectivity index (χ0n) is 12.0. The number of rotatable bonds is 4. The predicted octanol–water partition coefficient (Wildman–Crippen LogP) is 2.74. The third-order valence-corrected chi connectivity index (χ3v) is 4.99. The first kappa shape index (κ1) is 14.3. The van der Waals surface area contributed by atoms with E-state index in [0.717, 1.165) is 32.0 Å². The molecule has 106 valence electrons. The second-order valence-corrected chi connectivity index (χ2v) is 5.90. The van der Waals surface area contributed by atoms with E-state index in [4.69, 9.17) is 9.47 Å². The fourth-order valence-corrected chi connectivity index (χ4v) is 3.93. The van der Waals surface area contributed by atoms with Crippen molar-refractivity contribution in [2.24, 2.45) is 5.92 Å². The first-order valence-corrected chi connectivity index (χ1v) is 7.62. The molecular weight excluding hydrogens is 226 g/mol. The number of methoxy groups -OCH3 is 1. The zero-order chi connectivity index (χ0) is 12.8. The summed E-state index contributed by atoms with van der Waals surface area (Å²) in [4.78, 5) is 0. The molecule has 1 aliphatic heterocycles. The van der Waals surface area contributed by atoms with Gasteiger partial charge in [-0.3, -0.25) is 0 Å². The molecule has 1 heterocycles. The lowest BCUT2D eigenvalue weighted by atomic mass is 9.76. The van der Waals surface area contributed by atoms with Gasteiger partial charge in [-0.1, -0.05) is 25.7 Å². The first-order chi connectivity index (χ1) is 8.82. The van der Waals surface area contributed by atoms with Crippen molar-refractivity contribution in [2.75, 3.05) is 27.4 Å². The average molecular weight is 255 g/mol. The van der Waals surface area contributed by atoms with Crippen molar-refractivity contribution >= 4 is 0 Å². The lowest BCUT2D eigenvalue weighted by Gasteiger charge is -2.45. The van der Waals surface area contributed by atoms with Gasteiger partial charge in [-0.25, -0.2) is 0 Å². The van der Waals surface area contributed by atoms with E-state index in [0.29, 0.717) is 6.04 Å². The highest BCUT2D eigenvalue weighted by atomic mass is 16.5. The molecule has 0 spiro atoms. The van der Waals surface area contributed by atoms with Gasteiger partial charge in [0.15, 0.2) is 0 Å². The van der Waals surface area contributed by atoms with Gasteiger partial charge in [0.2, 0.25) is 0 Å². The summed E-state index contributed by atoms with van der Waals surface area (Å²) in [5, 5.41) is 3.58. The van der Waals surface area contributed by atoms with Gasteiger partial charge in [0.05, 0.1) is 5.60 Å². The molecule has 2 fully saturated rings. The molecule has 0 aromatic rings. The van der Waals surface area contributed by atoms with Crippen LogP contribution in [0.15, 0.2) is 0 Å². The van der Waals surface area contributed by atoms with Crippen molar-refractivity contribution in [2.45, 2.75) is 63.0 Å². The van der Waals surface area contributed by atoms with E-state index >= 15 is 0 Å². The zero-order valence-corrected chi connectivity index (χ0v) is 12.0. The Hall–Kier alpha value is -0.120. The van der Waals surface area contributed by atoms with Gasteiger partial charge in [0.25, 0.3) is 0 Å². The molecule has 3 nitrogen and oxygen atoms in total. The van der Waals surface area contributed by atoms with E-state index < -0.39 is 0 Å². The van der Waals surface area contributed by atoms with E-state index in [1.807, 2.05) is 7.11 Å². The number of hydrogen-bond acceptors (Lipinski definition) is 3. The van der Waals surface area contributed by atoms with Crippen molar-refractivity contribution in [3.8, 4) is 0 Å². The summed E-state index contributed by atoms with van der Waals surface area (Å²) in [5.41, 5.74) is 0.00199. The number of likely N-dealkylation sites (N-methyl/N-ethyl adjacent to an activating group) is 1. The summed E-state index contributed by atoms with van der Waals surface area (Å²) in [6.45, 7) is 1.69. The summed E-state index contributed by atoms with van der Waals surface area (Å²) < 4.78 is 11.5. The monoisotopic (exact) mass is 255 g/mol. The highest BCUT2D eigenvalue weighted by Crippen LogP contribution is 2.36. The highest BCUT2D eigenvalue weighted by Gasteiger charge is 2.43. The van der Waals surface area contributed by atoms with Gasteiger partial charge in [0.1, 0.15) is 0 Å². The van der Waals surface area contributed by atoms with Crippen LogP contribution in [-0.4, -0.2) is 39.0 Å². The Morgan fingerprint density at radius 1 is 1.11 bits per heavy atom. The summed E-state index contributed by atoms with van der Waals surface area (Å²) in [5.74, 6) is 0.774. The topological polar surface area (TPSA) is 30.5 Å². The quantitative estimate of drug-likeness (QED) is 0.784. The molecule has 1 saturated carbocycles. The Balaban J connectivity index is 2.08. The minimum absolute atomic E-state index is 0.00199. The maximum absolute atomic E-state index is 5.98. The van der Waals surface area contributed by atoms with E-state index in [-0.39, 0.29) is 5.60 Å². The van der Waals surface area contributed by atoms with Crippen LogP contribution in [0.1, 0.15) is 51.4 Å². The minimum atomic E-state index is 0.00199. The van der Waals surface area contributed by atoms with Crippen LogP contribution in [0.5, 0.6) is 0 Å². The third kappa shape index (κ3) is 3.06. The van der Waals surface area contributed by atoms with E-state index in [2.05, 4.69) is 12.4 Å². The molecule has 0 radical (unpaired) electrons. The van der Waals surface area contributed by atoms with Gasteiger partial charge in [-0.05, 0) is 25.8 Å². The molecule has 1 aliphatic carbocycles. The SMILES string of the molecule is CNC(C1CCCCCC1)C1(OC)CCOCC1. The van der Waals surface area contributed by atoms with Crippen molar-refractivity contribution < 1.29 is 9.47 Å². The minimum Gasteiger partial charge on any atom is -0.381 e. The van der Waals surface area contributed by atoms with E-state index in [1.54, 1.807) is 0 Å². The molecule has 2 rings (SSSR count). The van der Waals surface area contributed by atoms with Gasteiger partial charge < -0.3 is 14.8 Å². The number of ether oxygens (including phenoxy) is 2. The summed E-state index contributed by atoms with van der Waals surface area (Å²) in [6.07, 6.45) is 10.4. The fraction of sp³-hybridized carbons (Fsp3) is 1.00. The molecule has 1 saturated heterocycles. The van der Waals surface area contributed by atoms with Crippen molar-refractivity contribution in [3.63, 3.8) is 0 Å². The molecule has 1 N–H and O–H groups in total. The van der Waals surface area contributed by atoms with Crippen LogP contribution in [0.2, 0.25) is 0 Å². The van der Waals surface area contributed by atoms with Crippen LogP contribution in [0.3, 0.4) is 0 Å².